The van der Waals surface area contributed by atoms with Gasteiger partial charge in [-0.25, -0.2) is 4.79 Å². The van der Waals surface area contributed by atoms with Crippen molar-refractivity contribution in [3.8, 4) is 0 Å². The van der Waals surface area contributed by atoms with Gasteiger partial charge in [-0.2, -0.15) is 0 Å². The minimum Gasteiger partial charge on any atom is -0.467 e. The molecule has 3 aromatic rings. The monoisotopic (exact) mass is 540 g/mol. The number of ether oxygens (including phenoxy) is 1. The molecule has 0 bridgehead atoms. The highest BCUT2D eigenvalue weighted by Gasteiger charge is 2.39. The Morgan fingerprint density at radius 3 is 1.69 bits per heavy atom. The van der Waals surface area contributed by atoms with Gasteiger partial charge in [-0.1, -0.05) is 115 Å². The van der Waals surface area contributed by atoms with Gasteiger partial charge in [0.2, 0.25) is 11.8 Å². The lowest BCUT2D eigenvalue weighted by molar-refractivity contribution is -0.144. The molecule has 6 nitrogen and oxygen atoms in total. The van der Waals surface area contributed by atoms with Crippen molar-refractivity contribution in [3.05, 3.63) is 132 Å². The van der Waals surface area contributed by atoms with Crippen molar-refractivity contribution in [2.45, 2.75) is 23.8 Å². The topological polar surface area (TPSA) is 84.5 Å². The molecule has 4 rings (SSSR count). The number of benzene rings is 3. The molecule has 0 radical (unpaired) electrons. The van der Waals surface area contributed by atoms with Crippen LogP contribution >= 0.6 is 11.8 Å². The van der Waals surface area contributed by atoms with E-state index in [4.69, 9.17) is 4.74 Å². The van der Waals surface area contributed by atoms with Gasteiger partial charge in [0.25, 0.3) is 0 Å². The van der Waals surface area contributed by atoms with Crippen LogP contribution in [0.25, 0.3) is 0 Å². The molecule has 0 aromatic heterocycles. The van der Waals surface area contributed by atoms with Gasteiger partial charge in [-0.15, -0.1) is 11.8 Å². The second-order valence-corrected chi connectivity index (χ2v) is 10.4. The molecule has 0 fully saturated rings. The zero-order valence-corrected chi connectivity index (χ0v) is 22.8. The predicted octanol–water partition coefficient (Wildman–Crippen LogP) is 4.62. The minimum absolute atomic E-state index is 0.228. The molecule has 0 spiro atoms. The van der Waals surface area contributed by atoms with Gasteiger partial charge in [0.1, 0.15) is 12.1 Å². The van der Waals surface area contributed by atoms with E-state index in [0.717, 1.165) is 16.7 Å². The summed E-state index contributed by atoms with van der Waals surface area (Å²) in [5.74, 6) is -1.47. The van der Waals surface area contributed by atoms with Gasteiger partial charge >= 0.3 is 5.97 Å². The Labute approximate surface area is 233 Å². The van der Waals surface area contributed by atoms with Gasteiger partial charge in [-0.3, -0.25) is 9.59 Å². The van der Waals surface area contributed by atoms with Crippen LogP contribution in [0.5, 0.6) is 0 Å². The van der Waals surface area contributed by atoms with Gasteiger partial charge in [-0.05, 0) is 23.6 Å². The molecule has 0 unspecified atom stereocenters. The smallest absolute Gasteiger partial charge is 0.329 e. The van der Waals surface area contributed by atoms with Crippen molar-refractivity contribution < 1.29 is 19.1 Å². The Bertz CT molecular complexity index is 1220. The number of nitrogens with one attached hydrogen (secondary N) is 2. The van der Waals surface area contributed by atoms with E-state index >= 15 is 0 Å². The molecule has 0 heterocycles. The molecule has 2 N–H and O–H groups in total. The van der Waals surface area contributed by atoms with Crippen molar-refractivity contribution in [2.24, 2.45) is 5.92 Å². The standard InChI is InChI=1S/C32H32N2O4S/c1-23(33-30(36)24-14-12-13-15-24)29(35)34-28(31(37)38-2)22-39-32(25-16-6-3-7-17-25,26-18-8-4-9-19-26)27-20-10-5-11-21-27/h3-21,23-24,28H,22H2,1-2H3,(H,33,36)(H,34,35)/t23-,28-/m0/s1. The highest BCUT2D eigenvalue weighted by Crippen LogP contribution is 2.48. The molecule has 0 aliphatic heterocycles. The Hall–Kier alpha value is -4.10. The quantitative estimate of drug-likeness (QED) is 0.274. The maximum atomic E-state index is 13.1. The van der Waals surface area contributed by atoms with Crippen molar-refractivity contribution >= 4 is 29.5 Å². The predicted molar refractivity (Wildman–Crippen MR) is 155 cm³/mol. The lowest BCUT2D eigenvalue weighted by atomic mass is 9.84. The molecule has 3 aromatic carbocycles. The lowest BCUT2D eigenvalue weighted by Crippen LogP contribution is -2.52. The van der Waals surface area contributed by atoms with Crippen LogP contribution in [0.4, 0.5) is 0 Å². The molecule has 39 heavy (non-hydrogen) atoms. The SMILES string of the molecule is COC(=O)[C@H](CSC(c1ccccc1)(c1ccccc1)c1ccccc1)NC(=O)[C@H](C)NC(=O)C1C=CC=C1. The molecular weight excluding hydrogens is 508 g/mol. The fourth-order valence-electron chi connectivity index (χ4n) is 4.57. The van der Waals surface area contributed by atoms with E-state index in [1.165, 1.54) is 7.11 Å². The van der Waals surface area contributed by atoms with Crippen molar-refractivity contribution in [3.63, 3.8) is 0 Å². The summed E-state index contributed by atoms with van der Waals surface area (Å²) in [6.07, 6.45) is 7.09. The van der Waals surface area contributed by atoms with Crippen LogP contribution in [0, 0.1) is 5.92 Å². The summed E-state index contributed by atoms with van der Waals surface area (Å²) in [5, 5.41) is 5.53. The van der Waals surface area contributed by atoms with Gasteiger partial charge in [0.05, 0.1) is 17.8 Å². The average Bonchev–Trinajstić information content (AvgIpc) is 3.53. The molecule has 200 valence electrons. The Morgan fingerprint density at radius 2 is 1.26 bits per heavy atom. The number of hydrogen-bond donors (Lipinski definition) is 2. The first kappa shape index (κ1) is 27.9. The second-order valence-electron chi connectivity index (χ2n) is 9.20. The number of thioether (sulfide) groups is 1. The lowest BCUT2D eigenvalue weighted by Gasteiger charge is -2.36. The van der Waals surface area contributed by atoms with Crippen LogP contribution in [0.3, 0.4) is 0 Å². The summed E-state index contributed by atoms with van der Waals surface area (Å²) >= 11 is 1.55. The number of rotatable bonds is 11. The van der Waals surface area contributed by atoms with E-state index in [1.807, 2.05) is 54.6 Å². The molecule has 0 saturated carbocycles. The van der Waals surface area contributed by atoms with E-state index in [1.54, 1.807) is 43.0 Å². The van der Waals surface area contributed by atoms with E-state index < -0.39 is 34.6 Å². The van der Waals surface area contributed by atoms with Crippen LogP contribution in [0.2, 0.25) is 0 Å². The maximum absolute atomic E-state index is 13.1. The third kappa shape index (κ3) is 6.49. The third-order valence-corrected chi connectivity index (χ3v) is 8.25. The molecule has 1 aliphatic rings. The number of esters is 1. The number of carbonyl (C=O) groups is 3. The summed E-state index contributed by atoms with van der Waals surface area (Å²) in [7, 11) is 1.30. The molecule has 7 heteroatoms. The van der Waals surface area contributed by atoms with Crippen LogP contribution in [0.15, 0.2) is 115 Å². The van der Waals surface area contributed by atoms with Crippen molar-refractivity contribution in [1.82, 2.24) is 10.6 Å². The summed E-state index contributed by atoms with van der Waals surface area (Å²) in [5.41, 5.74) is 3.13. The zero-order chi connectivity index (χ0) is 27.7. The highest BCUT2D eigenvalue weighted by atomic mass is 32.2. The Kier molecular flexibility index (Phi) is 9.39. The van der Waals surface area contributed by atoms with Crippen molar-refractivity contribution in [2.75, 3.05) is 12.9 Å². The molecule has 2 atom stereocenters. The molecule has 1 aliphatic carbocycles. The minimum atomic E-state index is -0.936. The summed E-state index contributed by atoms with van der Waals surface area (Å²) < 4.78 is 4.40. The number of allylic oxidation sites excluding steroid dienone is 2. The first-order valence-electron chi connectivity index (χ1n) is 12.8. The Morgan fingerprint density at radius 1 is 0.795 bits per heavy atom. The van der Waals surface area contributed by atoms with Crippen LogP contribution in [-0.2, 0) is 23.9 Å². The van der Waals surface area contributed by atoms with E-state index in [0.29, 0.717) is 0 Å². The van der Waals surface area contributed by atoms with Gasteiger partial charge in [0, 0.05) is 5.75 Å². The van der Waals surface area contributed by atoms with Crippen LogP contribution < -0.4 is 10.6 Å². The molecule has 2 amide bonds. The van der Waals surface area contributed by atoms with E-state index in [-0.39, 0.29) is 11.7 Å². The zero-order valence-electron chi connectivity index (χ0n) is 22.0. The average molecular weight is 541 g/mol. The first-order chi connectivity index (χ1) is 19.0. The fourth-order valence-corrected chi connectivity index (χ4v) is 6.11. The van der Waals surface area contributed by atoms with Crippen LogP contribution in [0.1, 0.15) is 23.6 Å². The third-order valence-electron chi connectivity index (χ3n) is 6.61. The normalized spacial score (nSPS) is 14.4. The Balaban J connectivity index is 1.62. The second kappa shape index (κ2) is 13.1. The number of amides is 2. The number of methoxy groups -OCH3 is 1. The summed E-state index contributed by atoms with van der Waals surface area (Å²) in [4.78, 5) is 38.4. The molecular formula is C32H32N2O4S. The van der Waals surface area contributed by atoms with Gasteiger partial charge < -0.3 is 15.4 Å². The maximum Gasteiger partial charge on any atom is 0.329 e. The van der Waals surface area contributed by atoms with E-state index in [9.17, 15) is 14.4 Å². The van der Waals surface area contributed by atoms with E-state index in [2.05, 4.69) is 47.0 Å². The molecule has 0 saturated heterocycles. The van der Waals surface area contributed by atoms with Gasteiger partial charge in [0.15, 0.2) is 0 Å². The summed E-state index contributed by atoms with van der Waals surface area (Å²) in [6, 6.07) is 28.5. The number of carbonyl (C=O) groups excluding carboxylic acids is 3. The summed E-state index contributed by atoms with van der Waals surface area (Å²) in [6.45, 7) is 1.60. The highest BCUT2D eigenvalue weighted by molar-refractivity contribution is 8.00. The van der Waals surface area contributed by atoms with Crippen LogP contribution in [-0.4, -0.2) is 42.7 Å². The largest absolute Gasteiger partial charge is 0.467 e. The number of hydrogen-bond acceptors (Lipinski definition) is 5. The van der Waals surface area contributed by atoms with Crippen molar-refractivity contribution in [1.29, 1.82) is 0 Å². The fraction of sp³-hybridized carbons (Fsp3) is 0.219. The first-order valence-corrected chi connectivity index (χ1v) is 13.8.